The zero-order valence-electron chi connectivity index (χ0n) is 8.97. The Hall–Kier alpha value is -0.560. The summed E-state index contributed by atoms with van der Waals surface area (Å²) in [4.78, 5) is 1.27. The van der Waals surface area contributed by atoms with Gasteiger partial charge >= 0.3 is 0 Å². The first-order chi connectivity index (χ1) is 7.78. The highest BCUT2D eigenvalue weighted by Gasteiger charge is 2.00. The summed E-state index contributed by atoms with van der Waals surface area (Å²) in [7, 11) is 0. The number of aliphatic hydroxyl groups excluding tert-OH is 1. The van der Waals surface area contributed by atoms with Crippen molar-refractivity contribution in [3.05, 3.63) is 33.2 Å². The van der Waals surface area contributed by atoms with Gasteiger partial charge in [-0.05, 0) is 22.0 Å². The summed E-state index contributed by atoms with van der Waals surface area (Å²) in [6.07, 6.45) is 3.65. The van der Waals surface area contributed by atoms with Crippen LogP contribution < -0.4 is 5.32 Å². The monoisotopic (exact) mass is 337 g/mol. The summed E-state index contributed by atoms with van der Waals surface area (Å²) >= 11 is 5.13. The van der Waals surface area contributed by atoms with Crippen LogP contribution in [0.1, 0.15) is 4.88 Å². The Balaban J connectivity index is 0.00000144. The van der Waals surface area contributed by atoms with E-state index in [0.717, 1.165) is 16.7 Å². The third kappa shape index (κ3) is 4.31. The van der Waals surface area contributed by atoms with Crippen LogP contribution in [0.4, 0.5) is 5.69 Å². The number of halogens is 2. The molecule has 2 heterocycles. The Labute approximate surface area is 118 Å². The minimum absolute atomic E-state index is 0. The Morgan fingerprint density at radius 2 is 2.35 bits per heavy atom. The van der Waals surface area contributed by atoms with Crippen molar-refractivity contribution in [2.45, 2.75) is 13.1 Å². The van der Waals surface area contributed by atoms with Crippen LogP contribution in [0, 0.1) is 0 Å². The molecule has 17 heavy (non-hydrogen) atoms. The van der Waals surface area contributed by atoms with Crippen molar-refractivity contribution < 1.29 is 5.11 Å². The van der Waals surface area contributed by atoms with Crippen LogP contribution in [-0.2, 0) is 13.1 Å². The van der Waals surface area contributed by atoms with Gasteiger partial charge in [0.25, 0.3) is 0 Å². The lowest BCUT2D eigenvalue weighted by Gasteiger charge is -2.00. The molecule has 94 valence electrons. The molecule has 2 rings (SSSR count). The van der Waals surface area contributed by atoms with Gasteiger partial charge in [-0.3, -0.25) is 4.68 Å². The molecule has 0 radical (unpaired) electrons. The summed E-state index contributed by atoms with van der Waals surface area (Å²) in [5.41, 5.74) is 0.970. The lowest BCUT2D eigenvalue weighted by atomic mass is 10.4. The molecule has 0 amide bonds. The van der Waals surface area contributed by atoms with Crippen molar-refractivity contribution in [2.75, 3.05) is 11.9 Å². The Morgan fingerprint density at radius 3 is 3.00 bits per heavy atom. The largest absolute Gasteiger partial charge is 0.394 e. The van der Waals surface area contributed by atoms with Crippen LogP contribution in [0.25, 0.3) is 0 Å². The minimum atomic E-state index is 0. The average Bonchev–Trinajstić information content (AvgIpc) is 2.85. The van der Waals surface area contributed by atoms with Crippen molar-refractivity contribution in [2.24, 2.45) is 0 Å². The predicted molar refractivity (Wildman–Crippen MR) is 75.9 cm³/mol. The highest BCUT2D eigenvalue weighted by Crippen LogP contribution is 2.20. The molecule has 0 aromatic carbocycles. The average molecular weight is 339 g/mol. The number of aliphatic hydroxyl groups is 1. The lowest BCUT2D eigenvalue weighted by Crippen LogP contribution is -2.01. The van der Waals surface area contributed by atoms with E-state index in [0.29, 0.717) is 6.54 Å². The van der Waals surface area contributed by atoms with E-state index in [4.69, 9.17) is 5.11 Å². The molecule has 7 heteroatoms. The second-order valence-electron chi connectivity index (χ2n) is 3.30. The zero-order valence-corrected chi connectivity index (χ0v) is 12.2. The van der Waals surface area contributed by atoms with E-state index in [1.54, 1.807) is 22.2 Å². The van der Waals surface area contributed by atoms with Crippen molar-refractivity contribution in [3.63, 3.8) is 0 Å². The summed E-state index contributed by atoms with van der Waals surface area (Å²) in [6.45, 7) is 1.44. The molecule has 0 aliphatic heterocycles. The van der Waals surface area contributed by atoms with Crippen LogP contribution in [-0.4, -0.2) is 21.5 Å². The molecule has 4 nitrogen and oxygen atoms in total. The lowest BCUT2D eigenvalue weighted by molar-refractivity contribution is 0.269. The highest BCUT2D eigenvalue weighted by atomic mass is 79.9. The summed E-state index contributed by atoms with van der Waals surface area (Å²) in [6, 6.07) is 2.09. The SMILES string of the molecule is Cl.OCCn1cc(NCc2cc(Br)cs2)cn1. The van der Waals surface area contributed by atoms with E-state index in [1.165, 1.54) is 4.88 Å². The minimum Gasteiger partial charge on any atom is -0.394 e. The second kappa shape index (κ2) is 7.00. The van der Waals surface area contributed by atoms with Crippen LogP contribution in [0.5, 0.6) is 0 Å². The van der Waals surface area contributed by atoms with Crippen LogP contribution >= 0.6 is 39.7 Å². The van der Waals surface area contributed by atoms with E-state index in [9.17, 15) is 0 Å². The molecule has 0 aliphatic carbocycles. The fourth-order valence-electron chi connectivity index (χ4n) is 1.32. The van der Waals surface area contributed by atoms with E-state index in [-0.39, 0.29) is 19.0 Å². The smallest absolute Gasteiger partial charge is 0.0729 e. The van der Waals surface area contributed by atoms with Crippen molar-refractivity contribution in [1.82, 2.24) is 9.78 Å². The maximum absolute atomic E-state index is 8.75. The first-order valence-corrected chi connectivity index (χ1v) is 6.55. The van der Waals surface area contributed by atoms with Gasteiger partial charge in [-0.25, -0.2) is 0 Å². The summed E-state index contributed by atoms with van der Waals surface area (Å²) < 4.78 is 2.83. The molecule has 2 aromatic rings. The third-order valence-electron chi connectivity index (χ3n) is 2.05. The molecular weight excluding hydrogens is 326 g/mol. The number of nitrogens with one attached hydrogen (secondary N) is 1. The normalized spacial score (nSPS) is 10.0. The third-order valence-corrected chi connectivity index (χ3v) is 3.75. The van der Waals surface area contributed by atoms with Gasteiger partial charge in [-0.2, -0.15) is 5.10 Å². The first-order valence-electron chi connectivity index (χ1n) is 4.88. The second-order valence-corrected chi connectivity index (χ2v) is 5.21. The van der Waals surface area contributed by atoms with Gasteiger partial charge in [0.1, 0.15) is 0 Å². The van der Waals surface area contributed by atoms with Gasteiger partial charge < -0.3 is 10.4 Å². The van der Waals surface area contributed by atoms with Gasteiger partial charge in [-0.15, -0.1) is 23.7 Å². The predicted octanol–water partition coefficient (Wildman–Crippen LogP) is 2.73. The van der Waals surface area contributed by atoms with E-state index in [1.807, 2.05) is 6.20 Å². The summed E-state index contributed by atoms with van der Waals surface area (Å²) in [5.74, 6) is 0. The van der Waals surface area contributed by atoms with Crippen molar-refractivity contribution in [1.29, 1.82) is 0 Å². The fourth-order valence-corrected chi connectivity index (χ4v) is 2.71. The van der Waals surface area contributed by atoms with E-state index in [2.05, 4.69) is 37.8 Å². The molecule has 0 fully saturated rings. The number of rotatable bonds is 5. The standard InChI is InChI=1S/C10H12BrN3OS.ClH/c11-8-3-10(16-7-8)5-12-9-4-13-14(6-9)1-2-15;/h3-4,6-7,12,15H,1-2,5H2;1H. The molecule has 0 spiro atoms. The quantitative estimate of drug-likeness (QED) is 0.881. The van der Waals surface area contributed by atoms with Crippen molar-refractivity contribution in [3.8, 4) is 0 Å². The molecule has 2 N–H and O–H groups in total. The van der Waals surface area contributed by atoms with Crippen LogP contribution in [0.2, 0.25) is 0 Å². The van der Waals surface area contributed by atoms with Gasteiger partial charge in [0.05, 0.1) is 25.0 Å². The fraction of sp³-hybridized carbons (Fsp3) is 0.300. The number of hydrogen-bond donors (Lipinski definition) is 2. The van der Waals surface area contributed by atoms with Gasteiger partial charge in [0.2, 0.25) is 0 Å². The number of aromatic nitrogens is 2. The molecule has 0 bridgehead atoms. The highest BCUT2D eigenvalue weighted by molar-refractivity contribution is 9.10. The summed E-state index contributed by atoms with van der Waals surface area (Å²) in [5, 5.41) is 18.2. The molecular formula is C10H13BrClN3OS. The molecule has 0 saturated carbocycles. The topological polar surface area (TPSA) is 50.1 Å². The molecule has 2 aromatic heterocycles. The molecule has 0 unspecified atom stereocenters. The van der Waals surface area contributed by atoms with Crippen LogP contribution in [0.3, 0.4) is 0 Å². The van der Waals surface area contributed by atoms with Gasteiger partial charge in [0.15, 0.2) is 0 Å². The Bertz CT molecular complexity index is 460. The number of nitrogens with zero attached hydrogens (tertiary/aromatic N) is 2. The number of thiophene rings is 1. The first kappa shape index (κ1) is 14.5. The van der Waals surface area contributed by atoms with Crippen molar-refractivity contribution >= 4 is 45.4 Å². The zero-order chi connectivity index (χ0) is 11.4. The van der Waals surface area contributed by atoms with Gasteiger partial charge in [0, 0.05) is 27.5 Å². The molecule has 0 aliphatic rings. The molecule has 0 atom stereocenters. The Kier molecular flexibility index (Phi) is 5.97. The maximum atomic E-state index is 8.75. The maximum Gasteiger partial charge on any atom is 0.0729 e. The van der Waals surface area contributed by atoms with E-state index >= 15 is 0 Å². The van der Waals surface area contributed by atoms with Gasteiger partial charge in [-0.1, -0.05) is 0 Å². The van der Waals surface area contributed by atoms with E-state index < -0.39 is 0 Å². The Morgan fingerprint density at radius 1 is 1.53 bits per heavy atom. The van der Waals surface area contributed by atoms with Crippen LogP contribution in [0.15, 0.2) is 28.3 Å². The molecule has 0 saturated heterocycles. The number of anilines is 1. The number of hydrogen-bond acceptors (Lipinski definition) is 4.